The van der Waals surface area contributed by atoms with Crippen molar-refractivity contribution in [3.05, 3.63) is 48.5 Å². The van der Waals surface area contributed by atoms with E-state index in [0.717, 1.165) is 34.7 Å². The zero-order valence-corrected chi connectivity index (χ0v) is 11.5. The number of benzene rings is 1. The Balaban J connectivity index is 1.65. The summed E-state index contributed by atoms with van der Waals surface area (Å²) in [6, 6.07) is 8.56. The van der Waals surface area contributed by atoms with E-state index in [0.29, 0.717) is 6.04 Å². The fraction of sp³-hybridized carbons (Fsp3) is 0.250. The van der Waals surface area contributed by atoms with Crippen LogP contribution in [0.25, 0.3) is 22.4 Å². The monoisotopic (exact) mass is 277 g/mol. The molecule has 21 heavy (non-hydrogen) atoms. The van der Waals surface area contributed by atoms with E-state index >= 15 is 0 Å². The van der Waals surface area contributed by atoms with Gasteiger partial charge in [0.05, 0.1) is 16.7 Å². The van der Waals surface area contributed by atoms with Gasteiger partial charge in [-0.05, 0) is 37.1 Å². The smallest absolute Gasteiger partial charge is 0.159 e. The highest BCUT2D eigenvalue weighted by molar-refractivity contribution is 5.79. The van der Waals surface area contributed by atoms with Crippen LogP contribution in [0.15, 0.2) is 42.9 Å². The Morgan fingerprint density at radius 3 is 2.67 bits per heavy atom. The number of rotatable bonds is 4. The third kappa shape index (κ3) is 2.73. The Morgan fingerprint density at radius 1 is 0.952 bits per heavy atom. The molecule has 1 fully saturated rings. The van der Waals surface area contributed by atoms with Crippen LogP contribution in [-0.2, 0) is 6.54 Å². The van der Waals surface area contributed by atoms with Crippen LogP contribution in [0.4, 0.5) is 0 Å². The Kier molecular flexibility index (Phi) is 3.05. The number of fused-ring (bicyclic) bond motifs is 1. The van der Waals surface area contributed by atoms with Gasteiger partial charge in [0, 0.05) is 36.7 Å². The molecule has 1 aliphatic carbocycles. The van der Waals surface area contributed by atoms with Crippen LogP contribution < -0.4 is 5.32 Å². The molecule has 0 bridgehead atoms. The molecule has 0 radical (unpaired) electrons. The summed E-state index contributed by atoms with van der Waals surface area (Å²) >= 11 is 0. The Labute approximate surface area is 122 Å². The summed E-state index contributed by atoms with van der Waals surface area (Å²) in [5.74, 6) is 0.734. The molecule has 104 valence electrons. The van der Waals surface area contributed by atoms with Crippen LogP contribution in [0.1, 0.15) is 18.5 Å². The number of aromatic nitrogens is 4. The van der Waals surface area contributed by atoms with Crippen LogP contribution in [0, 0.1) is 0 Å². The summed E-state index contributed by atoms with van der Waals surface area (Å²) in [5.41, 5.74) is 3.73. The minimum absolute atomic E-state index is 0.680. The van der Waals surface area contributed by atoms with Gasteiger partial charge in [-0.15, -0.1) is 0 Å². The lowest BCUT2D eigenvalue weighted by atomic mass is 10.2. The fourth-order valence-electron chi connectivity index (χ4n) is 2.27. The van der Waals surface area contributed by atoms with E-state index in [2.05, 4.69) is 25.3 Å². The molecular weight excluding hydrogens is 262 g/mol. The summed E-state index contributed by atoms with van der Waals surface area (Å²) < 4.78 is 0. The topological polar surface area (TPSA) is 63.6 Å². The maximum Gasteiger partial charge on any atom is 0.159 e. The molecule has 1 saturated carbocycles. The fourth-order valence-corrected chi connectivity index (χ4v) is 2.27. The van der Waals surface area contributed by atoms with Crippen molar-refractivity contribution >= 4 is 11.0 Å². The van der Waals surface area contributed by atoms with E-state index in [1.807, 2.05) is 30.5 Å². The summed E-state index contributed by atoms with van der Waals surface area (Å²) in [7, 11) is 0. The molecule has 0 amide bonds. The molecule has 0 saturated heterocycles. The highest BCUT2D eigenvalue weighted by Gasteiger charge is 2.20. The van der Waals surface area contributed by atoms with Gasteiger partial charge < -0.3 is 5.32 Å². The normalized spacial score (nSPS) is 14.5. The van der Waals surface area contributed by atoms with Crippen molar-refractivity contribution in [2.45, 2.75) is 25.4 Å². The minimum Gasteiger partial charge on any atom is -0.308 e. The van der Waals surface area contributed by atoms with E-state index in [4.69, 9.17) is 0 Å². The lowest BCUT2D eigenvalue weighted by molar-refractivity contribution is 0.673. The summed E-state index contributed by atoms with van der Waals surface area (Å²) in [6.07, 6.45) is 7.77. The molecule has 1 aromatic carbocycles. The van der Waals surface area contributed by atoms with Crippen molar-refractivity contribution < 1.29 is 0 Å². The molecule has 5 heteroatoms. The summed E-state index contributed by atoms with van der Waals surface area (Å²) in [5, 5.41) is 3.47. The molecule has 0 spiro atoms. The van der Waals surface area contributed by atoms with E-state index in [1.165, 1.54) is 12.8 Å². The summed E-state index contributed by atoms with van der Waals surface area (Å²) in [6.45, 7) is 0.799. The average Bonchev–Trinajstić information content (AvgIpc) is 3.37. The molecule has 2 heterocycles. The van der Waals surface area contributed by atoms with Gasteiger partial charge in [0.25, 0.3) is 0 Å². The third-order valence-electron chi connectivity index (χ3n) is 3.59. The lowest BCUT2D eigenvalue weighted by Gasteiger charge is -2.05. The predicted molar refractivity (Wildman–Crippen MR) is 80.4 cm³/mol. The van der Waals surface area contributed by atoms with Crippen molar-refractivity contribution in [1.29, 1.82) is 0 Å². The van der Waals surface area contributed by atoms with Gasteiger partial charge in [-0.3, -0.25) is 9.97 Å². The second-order valence-electron chi connectivity index (χ2n) is 5.29. The van der Waals surface area contributed by atoms with Crippen molar-refractivity contribution in [3.63, 3.8) is 0 Å². The number of nitrogens with zero attached hydrogens (tertiary/aromatic N) is 4. The Morgan fingerprint density at radius 2 is 1.81 bits per heavy atom. The van der Waals surface area contributed by atoms with Crippen LogP contribution in [-0.4, -0.2) is 26.0 Å². The second-order valence-corrected chi connectivity index (χ2v) is 5.29. The zero-order chi connectivity index (χ0) is 14.1. The van der Waals surface area contributed by atoms with Crippen molar-refractivity contribution in [2.24, 2.45) is 0 Å². The summed E-state index contributed by atoms with van der Waals surface area (Å²) in [4.78, 5) is 17.6. The van der Waals surface area contributed by atoms with Crippen molar-refractivity contribution in [1.82, 2.24) is 25.3 Å². The van der Waals surface area contributed by atoms with Gasteiger partial charge in [-0.25, -0.2) is 9.97 Å². The van der Waals surface area contributed by atoms with E-state index in [1.54, 1.807) is 12.4 Å². The molecule has 4 rings (SSSR count). The maximum atomic E-state index is 4.63. The van der Waals surface area contributed by atoms with Crippen LogP contribution in [0.5, 0.6) is 0 Å². The van der Waals surface area contributed by atoms with Gasteiger partial charge in [-0.1, -0.05) is 0 Å². The van der Waals surface area contributed by atoms with Gasteiger partial charge in [-0.2, -0.15) is 0 Å². The molecule has 3 aromatic rings. The molecule has 5 nitrogen and oxygen atoms in total. The lowest BCUT2D eigenvalue weighted by Crippen LogP contribution is -2.16. The zero-order valence-electron chi connectivity index (χ0n) is 11.5. The van der Waals surface area contributed by atoms with Crippen LogP contribution in [0.3, 0.4) is 0 Å². The first-order valence-electron chi connectivity index (χ1n) is 7.15. The minimum atomic E-state index is 0.680. The first-order valence-corrected chi connectivity index (χ1v) is 7.15. The highest BCUT2D eigenvalue weighted by atomic mass is 15.0. The van der Waals surface area contributed by atoms with Crippen molar-refractivity contribution in [3.8, 4) is 11.4 Å². The molecule has 1 N–H and O–H groups in total. The van der Waals surface area contributed by atoms with Crippen LogP contribution >= 0.6 is 0 Å². The molecule has 1 aliphatic rings. The molecule has 0 unspecified atom stereocenters. The molecule has 0 atom stereocenters. The van der Waals surface area contributed by atoms with Gasteiger partial charge in [0.2, 0.25) is 0 Å². The highest BCUT2D eigenvalue weighted by Crippen LogP contribution is 2.21. The van der Waals surface area contributed by atoms with Crippen molar-refractivity contribution in [2.75, 3.05) is 0 Å². The largest absolute Gasteiger partial charge is 0.308 e. The number of nitrogens with one attached hydrogen (secondary N) is 1. The average molecular weight is 277 g/mol. The number of hydrogen-bond acceptors (Lipinski definition) is 5. The first kappa shape index (κ1) is 12.3. The molecule has 0 aliphatic heterocycles. The SMILES string of the molecule is c1cc(CNC2CC2)nc(-c2ccc3nccnc3c2)n1. The quantitative estimate of drug-likeness (QED) is 0.793. The van der Waals surface area contributed by atoms with Gasteiger partial charge in [0.1, 0.15) is 0 Å². The van der Waals surface area contributed by atoms with Crippen LogP contribution in [0.2, 0.25) is 0 Å². The van der Waals surface area contributed by atoms with E-state index in [-0.39, 0.29) is 0 Å². The maximum absolute atomic E-state index is 4.63. The van der Waals surface area contributed by atoms with Gasteiger partial charge >= 0.3 is 0 Å². The Bertz CT molecular complexity index is 782. The van der Waals surface area contributed by atoms with E-state index in [9.17, 15) is 0 Å². The molecule has 2 aromatic heterocycles. The predicted octanol–water partition coefficient (Wildman–Crippen LogP) is 2.34. The number of hydrogen-bond donors (Lipinski definition) is 1. The first-order chi connectivity index (χ1) is 10.4. The van der Waals surface area contributed by atoms with E-state index < -0.39 is 0 Å². The Hall–Kier alpha value is -2.40. The second kappa shape index (κ2) is 5.18. The van der Waals surface area contributed by atoms with Gasteiger partial charge in [0.15, 0.2) is 5.82 Å². The third-order valence-corrected chi connectivity index (χ3v) is 3.59. The standard InChI is InChI=1S/C16H15N5/c1-4-14-15(18-8-7-17-14)9-11(1)16-19-6-5-13(21-16)10-20-12-2-3-12/h1,4-9,12,20H,2-3,10H2. The molecular formula is C16H15N5.